The van der Waals surface area contributed by atoms with Crippen molar-refractivity contribution in [1.29, 1.82) is 0 Å². The van der Waals surface area contributed by atoms with Crippen molar-refractivity contribution in [3.63, 3.8) is 0 Å². The van der Waals surface area contributed by atoms with E-state index in [1.165, 1.54) is 37.6 Å². The van der Waals surface area contributed by atoms with Crippen molar-refractivity contribution in [3.8, 4) is 5.75 Å². The Morgan fingerprint density at radius 1 is 1.42 bits per heavy atom. The van der Waals surface area contributed by atoms with Crippen molar-refractivity contribution in [2.75, 3.05) is 34.6 Å². The molecule has 3 unspecified atom stereocenters. The molecule has 132 valence electrons. The SMILES string of the molecule is COCO.COc1ccc2c(c1)C1(CC=O)CC3N(C)CC3(C2)C1. The van der Waals surface area contributed by atoms with Crippen LogP contribution in [0.2, 0.25) is 0 Å². The highest BCUT2D eigenvalue weighted by molar-refractivity contribution is 5.58. The molecule has 1 saturated carbocycles. The molecule has 1 aromatic rings. The molecule has 1 saturated heterocycles. The van der Waals surface area contributed by atoms with Gasteiger partial charge in [-0.1, -0.05) is 6.07 Å². The molecule has 0 radical (unpaired) electrons. The lowest BCUT2D eigenvalue weighted by Crippen LogP contribution is -2.61. The van der Waals surface area contributed by atoms with Crippen molar-refractivity contribution in [2.45, 2.75) is 37.1 Å². The van der Waals surface area contributed by atoms with Crippen LogP contribution in [0.4, 0.5) is 0 Å². The summed E-state index contributed by atoms with van der Waals surface area (Å²) < 4.78 is 9.50. The number of rotatable bonds is 4. The van der Waals surface area contributed by atoms with Crippen molar-refractivity contribution in [2.24, 2.45) is 5.41 Å². The van der Waals surface area contributed by atoms with Crippen LogP contribution in [0.3, 0.4) is 0 Å². The van der Waals surface area contributed by atoms with E-state index in [2.05, 4.69) is 34.9 Å². The van der Waals surface area contributed by atoms with Gasteiger partial charge >= 0.3 is 0 Å². The van der Waals surface area contributed by atoms with Gasteiger partial charge < -0.3 is 24.3 Å². The second-order valence-corrected chi connectivity index (χ2v) is 7.44. The van der Waals surface area contributed by atoms with E-state index in [9.17, 15) is 4.79 Å². The Morgan fingerprint density at radius 2 is 2.17 bits per heavy atom. The quantitative estimate of drug-likeness (QED) is 0.672. The van der Waals surface area contributed by atoms with Gasteiger partial charge in [-0.15, -0.1) is 0 Å². The highest BCUT2D eigenvalue weighted by Crippen LogP contribution is 2.64. The fraction of sp³-hybridized carbons (Fsp3) is 0.632. The lowest BCUT2D eigenvalue weighted by Gasteiger charge is -2.54. The Kier molecular flexibility index (Phi) is 4.69. The molecule has 0 amide bonds. The van der Waals surface area contributed by atoms with Crippen LogP contribution in [-0.4, -0.2) is 56.9 Å². The number of nitrogens with zero attached hydrogens (tertiary/aromatic N) is 1. The summed E-state index contributed by atoms with van der Waals surface area (Å²) in [6.07, 6.45) is 5.24. The summed E-state index contributed by atoms with van der Waals surface area (Å²) in [6.45, 7) is 1.00. The predicted molar refractivity (Wildman–Crippen MR) is 91.2 cm³/mol. The molecule has 1 N–H and O–H groups in total. The molecule has 1 spiro atoms. The number of hydrogen-bond acceptors (Lipinski definition) is 5. The van der Waals surface area contributed by atoms with E-state index < -0.39 is 0 Å². The van der Waals surface area contributed by atoms with Crippen molar-refractivity contribution in [1.82, 2.24) is 4.90 Å². The van der Waals surface area contributed by atoms with Crippen LogP contribution >= 0.6 is 0 Å². The average molecular weight is 333 g/mol. The summed E-state index contributed by atoms with van der Waals surface area (Å²) in [5.74, 6) is 0.914. The Hall–Kier alpha value is -1.43. The standard InChI is InChI=1S/C17H21NO2.C2H6O2/c1-18-11-17-8-12-3-4-13(20-2)7-14(12)16(10-17,5-6-19)9-15(17)18;1-4-2-3/h3-4,6-7,15H,5,8-11H2,1-2H3;3H,2H2,1H3. The number of ether oxygens (including phenoxy) is 2. The molecule has 0 aromatic heterocycles. The number of carbonyl (C=O) groups is 1. The Morgan fingerprint density at radius 3 is 2.75 bits per heavy atom. The number of aldehydes is 1. The molecule has 5 heteroatoms. The van der Waals surface area contributed by atoms with Gasteiger partial charge in [0.1, 0.15) is 18.8 Å². The highest BCUT2D eigenvalue weighted by atomic mass is 16.6. The second-order valence-electron chi connectivity index (χ2n) is 7.44. The maximum Gasteiger partial charge on any atom is 0.143 e. The van der Waals surface area contributed by atoms with E-state index in [0.717, 1.165) is 18.5 Å². The van der Waals surface area contributed by atoms with Gasteiger partial charge in [0.25, 0.3) is 0 Å². The largest absolute Gasteiger partial charge is 0.497 e. The fourth-order valence-corrected chi connectivity index (χ4v) is 5.31. The first-order valence-electron chi connectivity index (χ1n) is 8.45. The summed E-state index contributed by atoms with van der Waals surface area (Å²) in [6, 6.07) is 7.11. The summed E-state index contributed by atoms with van der Waals surface area (Å²) in [4.78, 5) is 13.8. The zero-order chi connectivity index (χ0) is 17.4. The topological polar surface area (TPSA) is 59.0 Å². The molecule has 2 fully saturated rings. The molecule has 24 heavy (non-hydrogen) atoms. The third-order valence-electron chi connectivity index (χ3n) is 6.11. The third kappa shape index (κ3) is 2.55. The van der Waals surface area contributed by atoms with Crippen LogP contribution in [0.1, 0.15) is 30.4 Å². The monoisotopic (exact) mass is 333 g/mol. The van der Waals surface area contributed by atoms with Gasteiger partial charge in [-0.2, -0.15) is 0 Å². The van der Waals surface area contributed by atoms with Crippen LogP contribution in [0.15, 0.2) is 18.2 Å². The van der Waals surface area contributed by atoms with Crippen LogP contribution in [0.25, 0.3) is 0 Å². The molecule has 1 aromatic carbocycles. The van der Waals surface area contributed by atoms with E-state index >= 15 is 0 Å². The summed E-state index contributed by atoms with van der Waals surface area (Å²) >= 11 is 0. The summed E-state index contributed by atoms with van der Waals surface area (Å²) in [5.41, 5.74) is 3.30. The van der Waals surface area contributed by atoms with E-state index in [1.807, 2.05) is 0 Å². The molecule has 1 heterocycles. The van der Waals surface area contributed by atoms with Gasteiger partial charge in [0, 0.05) is 36.9 Å². The zero-order valence-corrected chi connectivity index (χ0v) is 14.7. The second kappa shape index (κ2) is 6.47. The minimum Gasteiger partial charge on any atom is -0.497 e. The number of benzene rings is 1. The number of fused-ring (bicyclic) bond motifs is 3. The maximum absolute atomic E-state index is 11.3. The van der Waals surface area contributed by atoms with Crippen LogP contribution < -0.4 is 4.74 Å². The number of methoxy groups -OCH3 is 2. The Bertz CT molecular complexity index is 617. The number of likely N-dealkylation sites (tertiary alicyclic amines) is 1. The van der Waals surface area contributed by atoms with E-state index in [4.69, 9.17) is 9.84 Å². The molecule has 2 aliphatic carbocycles. The van der Waals surface area contributed by atoms with Gasteiger partial charge in [0.15, 0.2) is 0 Å². The fourth-order valence-electron chi connectivity index (χ4n) is 5.31. The summed E-state index contributed by atoms with van der Waals surface area (Å²) in [5, 5.41) is 7.65. The molecular weight excluding hydrogens is 306 g/mol. The first kappa shape index (κ1) is 17.4. The van der Waals surface area contributed by atoms with Gasteiger partial charge in [0.2, 0.25) is 0 Å². The maximum atomic E-state index is 11.3. The first-order valence-corrected chi connectivity index (χ1v) is 8.45. The number of hydrogen-bond donors (Lipinski definition) is 1. The zero-order valence-electron chi connectivity index (χ0n) is 14.7. The van der Waals surface area contributed by atoms with Gasteiger partial charge in [-0.05, 0) is 49.6 Å². The molecule has 5 nitrogen and oxygen atoms in total. The van der Waals surface area contributed by atoms with E-state index in [0.29, 0.717) is 17.9 Å². The minimum absolute atomic E-state index is 0.0549. The molecule has 1 aliphatic heterocycles. The van der Waals surface area contributed by atoms with Crippen molar-refractivity contribution >= 4 is 6.29 Å². The van der Waals surface area contributed by atoms with Crippen LogP contribution in [0, 0.1) is 5.41 Å². The smallest absolute Gasteiger partial charge is 0.143 e. The van der Waals surface area contributed by atoms with Crippen LogP contribution in [0.5, 0.6) is 5.75 Å². The molecule has 4 rings (SSSR count). The van der Waals surface area contributed by atoms with Gasteiger partial charge in [0.05, 0.1) is 7.11 Å². The van der Waals surface area contributed by atoms with Crippen LogP contribution in [-0.2, 0) is 21.4 Å². The number of aliphatic hydroxyl groups is 1. The molecule has 3 atom stereocenters. The number of carbonyl (C=O) groups excluding carboxylic acids is 1. The van der Waals surface area contributed by atoms with E-state index in [1.54, 1.807) is 7.11 Å². The first-order chi connectivity index (χ1) is 11.5. The third-order valence-corrected chi connectivity index (χ3v) is 6.11. The Balaban J connectivity index is 0.000000383. The Labute approximate surface area is 143 Å². The minimum atomic E-state index is -0.181. The van der Waals surface area contributed by atoms with Gasteiger partial charge in [-0.3, -0.25) is 0 Å². The normalized spacial score (nSPS) is 32.8. The van der Waals surface area contributed by atoms with Gasteiger partial charge in [-0.25, -0.2) is 0 Å². The predicted octanol–water partition coefficient (Wildman–Crippen LogP) is 1.75. The molecular formula is C19H27NO4. The lowest BCUT2D eigenvalue weighted by molar-refractivity contribution is -0.109. The lowest BCUT2D eigenvalue weighted by atomic mass is 9.62. The number of aliphatic hydroxyl groups excluding tert-OH is 1. The van der Waals surface area contributed by atoms with Crippen molar-refractivity contribution < 1.29 is 19.4 Å². The average Bonchev–Trinajstić information content (AvgIpc) is 2.80. The summed E-state index contributed by atoms with van der Waals surface area (Å²) in [7, 11) is 5.36. The molecule has 2 bridgehead atoms. The highest BCUT2D eigenvalue weighted by Gasteiger charge is 2.64. The molecule has 3 aliphatic rings. The van der Waals surface area contributed by atoms with Crippen molar-refractivity contribution in [3.05, 3.63) is 29.3 Å². The van der Waals surface area contributed by atoms with E-state index in [-0.39, 0.29) is 12.2 Å².